The van der Waals surface area contributed by atoms with E-state index in [4.69, 9.17) is 4.74 Å². The van der Waals surface area contributed by atoms with Crippen LogP contribution in [0.15, 0.2) is 72.1 Å². The number of hydrogen-bond acceptors (Lipinski definition) is 3. The maximum Gasteiger partial charge on any atom is 0.254 e. The summed E-state index contributed by atoms with van der Waals surface area (Å²) in [5, 5.41) is 0. The second-order valence-corrected chi connectivity index (χ2v) is 9.38. The molecule has 0 saturated carbocycles. The number of allylic oxidation sites excluding steroid dienone is 4. The number of hydrogen-bond donors (Lipinski definition) is 0. The summed E-state index contributed by atoms with van der Waals surface area (Å²) >= 11 is 0. The topological polar surface area (TPSA) is 32.8 Å². The lowest BCUT2D eigenvalue weighted by atomic mass is 9.95. The van der Waals surface area contributed by atoms with Crippen molar-refractivity contribution in [1.82, 2.24) is 4.90 Å². The van der Waals surface area contributed by atoms with E-state index >= 15 is 0 Å². The molecule has 0 atom stereocenters. The van der Waals surface area contributed by atoms with Gasteiger partial charge in [0.25, 0.3) is 5.91 Å². The van der Waals surface area contributed by atoms with Crippen LogP contribution in [-0.4, -0.2) is 30.5 Å². The first-order valence-corrected chi connectivity index (χ1v) is 13.0. The van der Waals surface area contributed by atoms with Gasteiger partial charge in [-0.3, -0.25) is 4.79 Å². The highest BCUT2D eigenvalue weighted by Gasteiger charge is 2.28. The molecule has 194 valence electrons. The van der Waals surface area contributed by atoms with Crippen molar-refractivity contribution in [2.24, 2.45) is 0 Å². The van der Waals surface area contributed by atoms with Gasteiger partial charge in [0.15, 0.2) is 0 Å². The lowest BCUT2D eigenvalue weighted by molar-refractivity contribution is 0.0721. The Kier molecular flexibility index (Phi) is 11.0. The average molecular weight is 489 g/mol. The number of methoxy groups -OCH3 is 1. The number of ether oxygens (including phenoxy) is 1. The smallest absolute Gasteiger partial charge is 0.254 e. The van der Waals surface area contributed by atoms with Gasteiger partial charge in [-0.1, -0.05) is 48.9 Å². The zero-order valence-electron chi connectivity index (χ0n) is 23.7. The lowest BCUT2D eigenvalue weighted by Gasteiger charge is -2.33. The van der Waals surface area contributed by atoms with E-state index in [1.807, 2.05) is 50.0 Å². The SMILES string of the molecule is C/C=C1\CC=C(CN(C(=O)c2c(C)cc(C)cc2CC)C(C)C)N1c1ccc(OC)cc1.C/C=C\C. The summed E-state index contributed by atoms with van der Waals surface area (Å²) in [6.07, 6.45) is 10.1. The average Bonchev–Trinajstić information content (AvgIpc) is 3.29. The molecule has 0 aliphatic carbocycles. The Balaban J connectivity index is 0.00000106. The fourth-order valence-corrected chi connectivity index (χ4v) is 4.48. The van der Waals surface area contributed by atoms with Crippen LogP contribution in [-0.2, 0) is 6.42 Å². The molecule has 4 heteroatoms. The van der Waals surface area contributed by atoms with Crippen molar-refractivity contribution in [2.75, 3.05) is 18.6 Å². The molecular formula is C32H44N2O2. The van der Waals surface area contributed by atoms with Crippen molar-refractivity contribution in [3.8, 4) is 5.75 Å². The van der Waals surface area contributed by atoms with E-state index in [0.29, 0.717) is 6.54 Å². The number of benzene rings is 2. The summed E-state index contributed by atoms with van der Waals surface area (Å²) in [6.45, 7) is 17.1. The van der Waals surface area contributed by atoms with E-state index in [1.54, 1.807) is 7.11 Å². The van der Waals surface area contributed by atoms with Crippen LogP contribution >= 0.6 is 0 Å². The summed E-state index contributed by atoms with van der Waals surface area (Å²) < 4.78 is 5.33. The highest BCUT2D eigenvalue weighted by atomic mass is 16.5. The van der Waals surface area contributed by atoms with E-state index in [-0.39, 0.29) is 11.9 Å². The van der Waals surface area contributed by atoms with Crippen molar-refractivity contribution in [1.29, 1.82) is 0 Å². The van der Waals surface area contributed by atoms with Crippen LogP contribution < -0.4 is 9.64 Å². The molecule has 0 saturated heterocycles. The zero-order chi connectivity index (χ0) is 26.8. The molecule has 1 amide bonds. The van der Waals surface area contributed by atoms with Crippen molar-refractivity contribution in [3.05, 3.63) is 94.4 Å². The minimum atomic E-state index is 0.0844. The van der Waals surface area contributed by atoms with Crippen molar-refractivity contribution >= 4 is 11.6 Å². The number of carbonyl (C=O) groups is 1. The lowest BCUT2D eigenvalue weighted by Crippen LogP contribution is -2.41. The number of amides is 1. The van der Waals surface area contributed by atoms with E-state index in [0.717, 1.165) is 46.7 Å². The zero-order valence-corrected chi connectivity index (χ0v) is 23.7. The van der Waals surface area contributed by atoms with Gasteiger partial charge >= 0.3 is 0 Å². The fraction of sp³-hybridized carbons (Fsp3) is 0.406. The predicted molar refractivity (Wildman–Crippen MR) is 154 cm³/mol. The molecule has 4 nitrogen and oxygen atoms in total. The standard InChI is InChI=1S/C28H36N2O2.C4H8/c1-8-22-17-20(5)16-21(6)27(22)28(31)29(19(3)4)18-25-11-10-23(9-2)30(25)24-12-14-26(32-7)15-13-24;1-3-4-2/h9,11-17,19H,8,10,18H2,1-7H3;3-4H,1-2H3/b23-9+;4-3-. The van der Waals surface area contributed by atoms with Crippen LogP contribution in [0, 0.1) is 13.8 Å². The third-order valence-corrected chi connectivity index (χ3v) is 6.49. The van der Waals surface area contributed by atoms with Gasteiger partial charge in [0.2, 0.25) is 0 Å². The van der Waals surface area contributed by atoms with Gasteiger partial charge in [0, 0.05) is 35.1 Å². The molecule has 0 bridgehead atoms. The van der Waals surface area contributed by atoms with Crippen LogP contribution in [0.25, 0.3) is 0 Å². The number of rotatable bonds is 7. The Morgan fingerprint density at radius 3 is 2.22 bits per heavy atom. The summed E-state index contributed by atoms with van der Waals surface area (Å²) in [4.78, 5) is 18.1. The van der Waals surface area contributed by atoms with Gasteiger partial charge in [-0.2, -0.15) is 0 Å². The number of anilines is 1. The maximum absolute atomic E-state index is 13.8. The second kappa shape index (κ2) is 13.7. The third-order valence-electron chi connectivity index (χ3n) is 6.49. The molecule has 2 aromatic rings. The van der Waals surface area contributed by atoms with Crippen LogP contribution in [0.1, 0.15) is 75.0 Å². The van der Waals surface area contributed by atoms with E-state index in [2.05, 4.69) is 75.9 Å². The molecule has 0 N–H and O–H groups in total. The molecule has 0 unspecified atom stereocenters. The molecule has 1 aliphatic heterocycles. The van der Waals surface area contributed by atoms with Crippen LogP contribution in [0.2, 0.25) is 0 Å². The van der Waals surface area contributed by atoms with E-state index in [9.17, 15) is 4.79 Å². The van der Waals surface area contributed by atoms with Gasteiger partial charge in [-0.15, -0.1) is 0 Å². The van der Waals surface area contributed by atoms with Crippen LogP contribution in [0.4, 0.5) is 5.69 Å². The molecule has 36 heavy (non-hydrogen) atoms. The van der Waals surface area contributed by atoms with Gasteiger partial charge in [-0.25, -0.2) is 0 Å². The summed E-state index contributed by atoms with van der Waals surface area (Å²) in [5.41, 5.74) is 7.68. The van der Waals surface area contributed by atoms with E-state index < -0.39 is 0 Å². The minimum Gasteiger partial charge on any atom is -0.497 e. The van der Waals surface area contributed by atoms with Gasteiger partial charge < -0.3 is 14.5 Å². The Labute approximate surface area is 219 Å². The molecule has 1 aliphatic rings. The Morgan fingerprint density at radius 1 is 1.08 bits per heavy atom. The normalized spacial score (nSPS) is 14.2. The fourth-order valence-electron chi connectivity index (χ4n) is 4.48. The van der Waals surface area contributed by atoms with Crippen molar-refractivity contribution < 1.29 is 9.53 Å². The third kappa shape index (κ3) is 6.90. The Bertz CT molecular complexity index is 1100. The molecule has 0 fully saturated rings. The molecule has 0 radical (unpaired) electrons. The highest BCUT2D eigenvalue weighted by molar-refractivity contribution is 5.97. The first-order valence-electron chi connectivity index (χ1n) is 13.0. The molecule has 0 spiro atoms. The molecule has 2 aromatic carbocycles. The molecule has 1 heterocycles. The van der Waals surface area contributed by atoms with Gasteiger partial charge in [-0.05, 0) is 90.3 Å². The molecular weight excluding hydrogens is 444 g/mol. The quantitative estimate of drug-likeness (QED) is 0.370. The second-order valence-electron chi connectivity index (χ2n) is 9.38. The highest BCUT2D eigenvalue weighted by Crippen LogP contribution is 2.34. The maximum atomic E-state index is 13.8. The first kappa shape index (κ1) is 29.0. The monoisotopic (exact) mass is 488 g/mol. The van der Waals surface area contributed by atoms with Crippen molar-refractivity contribution in [2.45, 2.75) is 74.3 Å². The van der Waals surface area contributed by atoms with Gasteiger partial charge in [0.1, 0.15) is 5.75 Å². The van der Waals surface area contributed by atoms with E-state index in [1.165, 1.54) is 11.3 Å². The number of nitrogens with zero attached hydrogens (tertiary/aromatic N) is 2. The number of carbonyl (C=O) groups excluding carboxylic acids is 1. The Hall–Kier alpha value is -3.27. The minimum absolute atomic E-state index is 0.0844. The van der Waals surface area contributed by atoms with Crippen LogP contribution in [0.3, 0.4) is 0 Å². The summed E-state index contributed by atoms with van der Waals surface area (Å²) in [6, 6.07) is 12.4. The Morgan fingerprint density at radius 2 is 1.72 bits per heavy atom. The van der Waals surface area contributed by atoms with Gasteiger partial charge in [0.05, 0.1) is 13.7 Å². The largest absolute Gasteiger partial charge is 0.497 e. The predicted octanol–water partition coefficient (Wildman–Crippen LogP) is 8.01. The van der Waals surface area contributed by atoms with Crippen LogP contribution in [0.5, 0.6) is 5.75 Å². The summed E-state index contributed by atoms with van der Waals surface area (Å²) in [5.74, 6) is 0.945. The van der Waals surface area contributed by atoms with Crippen molar-refractivity contribution in [3.63, 3.8) is 0 Å². The first-order chi connectivity index (χ1) is 17.2. The molecule has 3 rings (SSSR count). The molecule has 0 aromatic heterocycles. The summed E-state index contributed by atoms with van der Waals surface area (Å²) in [7, 11) is 1.68. The number of aryl methyl sites for hydroxylation is 3.